The van der Waals surface area contributed by atoms with E-state index in [1.54, 1.807) is 9.13 Å². The highest BCUT2D eigenvalue weighted by atomic mass is 35.5. The fourth-order valence-corrected chi connectivity index (χ4v) is 4.64. The second-order valence-electron chi connectivity index (χ2n) is 7.69. The molecule has 0 radical (unpaired) electrons. The number of hydrogen-bond acceptors (Lipinski definition) is 3. The van der Waals surface area contributed by atoms with Crippen molar-refractivity contribution < 1.29 is 4.79 Å². The summed E-state index contributed by atoms with van der Waals surface area (Å²) in [6.07, 6.45) is 2.31. The molecule has 0 spiro atoms. The van der Waals surface area contributed by atoms with Crippen LogP contribution in [0.2, 0.25) is 5.02 Å². The Morgan fingerprint density at radius 3 is 2.33 bits per heavy atom. The van der Waals surface area contributed by atoms with Crippen LogP contribution in [0.1, 0.15) is 31.4 Å². The molecule has 0 saturated carbocycles. The Kier molecular flexibility index (Phi) is 6.25. The summed E-state index contributed by atoms with van der Waals surface area (Å²) < 4.78 is 3.24. The van der Waals surface area contributed by atoms with Crippen LogP contribution in [0, 0.1) is 0 Å². The molecule has 1 fully saturated rings. The number of carbonyl (C=O) groups is 1. The number of nitrogens with zero attached hydrogens (tertiary/aromatic N) is 3. The van der Waals surface area contributed by atoms with Crippen LogP contribution in [-0.4, -0.2) is 39.6 Å². The monoisotopic (exact) mass is 426 g/mol. The standard InChI is InChI=1S/C23H27ClN4O2/c1-2-27-19-11-5-6-12-20(19)28(23(27)30)16-22(29)25-15-21(26-13-7-8-14-26)17-9-3-4-10-18(17)24/h3-6,9-12,21H,2,7-8,13-16H2,1H3,(H,25,29). The maximum absolute atomic E-state index is 12.8. The van der Waals surface area contributed by atoms with Gasteiger partial charge in [0, 0.05) is 18.1 Å². The predicted molar refractivity (Wildman–Crippen MR) is 120 cm³/mol. The molecule has 1 aliphatic heterocycles. The first-order chi connectivity index (χ1) is 14.6. The number of amides is 1. The first-order valence-electron chi connectivity index (χ1n) is 10.5. The Labute approximate surface area is 181 Å². The maximum Gasteiger partial charge on any atom is 0.329 e. The summed E-state index contributed by atoms with van der Waals surface area (Å²) in [7, 11) is 0. The van der Waals surface area contributed by atoms with Gasteiger partial charge in [0.15, 0.2) is 0 Å². The average Bonchev–Trinajstić information content (AvgIpc) is 3.37. The smallest absolute Gasteiger partial charge is 0.329 e. The fraction of sp³-hybridized carbons (Fsp3) is 0.391. The summed E-state index contributed by atoms with van der Waals surface area (Å²) in [4.78, 5) is 28.0. The van der Waals surface area contributed by atoms with Crippen molar-refractivity contribution in [2.45, 2.75) is 38.9 Å². The zero-order valence-electron chi connectivity index (χ0n) is 17.2. The highest BCUT2D eigenvalue weighted by molar-refractivity contribution is 6.31. The Hall–Kier alpha value is -2.57. The second-order valence-corrected chi connectivity index (χ2v) is 8.09. The van der Waals surface area contributed by atoms with Crippen LogP contribution in [0.25, 0.3) is 11.0 Å². The van der Waals surface area contributed by atoms with Gasteiger partial charge in [-0.1, -0.05) is 41.9 Å². The third-order valence-electron chi connectivity index (χ3n) is 5.88. The van der Waals surface area contributed by atoms with E-state index in [0.717, 1.165) is 42.5 Å². The number of halogens is 1. The molecule has 2 aromatic carbocycles. The molecule has 1 atom stereocenters. The van der Waals surface area contributed by atoms with Gasteiger partial charge in [0.05, 0.1) is 17.1 Å². The highest BCUT2D eigenvalue weighted by Crippen LogP contribution is 2.29. The predicted octanol–water partition coefficient (Wildman–Crippen LogP) is 3.43. The van der Waals surface area contributed by atoms with E-state index in [-0.39, 0.29) is 24.2 Å². The number of rotatable bonds is 7. The van der Waals surface area contributed by atoms with Crippen molar-refractivity contribution in [2.75, 3.05) is 19.6 Å². The van der Waals surface area contributed by atoms with Crippen LogP contribution in [0.15, 0.2) is 53.3 Å². The van der Waals surface area contributed by atoms with Crippen LogP contribution in [0.5, 0.6) is 0 Å². The van der Waals surface area contributed by atoms with E-state index in [1.807, 2.05) is 55.5 Å². The number of para-hydroxylation sites is 2. The number of aryl methyl sites for hydroxylation is 1. The fourth-order valence-electron chi connectivity index (χ4n) is 4.38. The molecule has 0 bridgehead atoms. The Morgan fingerprint density at radius 1 is 1.03 bits per heavy atom. The normalized spacial score (nSPS) is 15.5. The van der Waals surface area contributed by atoms with E-state index in [4.69, 9.17) is 11.6 Å². The number of aromatic nitrogens is 2. The summed E-state index contributed by atoms with van der Waals surface area (Å²) >= 11 is 6.46. The van der Waals surface area contributed by atoms with Crippen LogP contribution < -0.4 is 11.0 Å². The van der Waals surface area contributed by atoms with Gasteiger partial charge in [0.1, 0.15) is 6.54 Å². The summed E-state index contributed by atoms with van der Waals surface area (Å²) in [5.74, 6) is -0.174. The average molecular weight is 427 g/mol. The first-order valence-corrected chi connectivity index (χ1v) is 10.9. The summed E-state index contributed by atoms with van der Waals surface area (Å²) in [6.45, 7) is 4.95. The molecule has 1 aromatic heterocycles. The van der Waals surface area contributed by atoms with E-state index < -0.39 is 0 Å². The molecule has 6 nitrogen and oxygen atoms in total. The summed E-state index contributed by atoms with van der Waals surface area (Å²) in [5.41, 5.74) is 2.50. The van der Waals surface area contributed by atoms with Gasteiger partial charge >= 0.3 is 5.69 Å². The van der Waals surface area contributed by atoms with E-state index in [2.05, 4.69) is 10.2 Å². The first kappa shape index (κ1) is 20.7. The van der Waals surface area contributed by atoms with Crippen molar-refractivity contribution in [1.82, 2.24) is 19.4 Å². The van der Waals surface area contributed by atoms with Gasteiger partial charge in [0.25, 0.3) is 0 Å². The number of nitrogens with one attached hydrogen (secondary N) is 1. The van der Waals surface area contributed by atoms with Gasteiger partial charge < -0.3 is 5.32 Å². The quantitative estimate of drug-likeness (QED) is 0.629. The molecule has 3 aromatic rings. The van der Waals surface area contributed by atoms with E-state index in [9.17, 15) is 9.59 Å². The van der Waals surface area contributed by atoms with Crippen molar-refractivity contribution in [2.24, 2.45) is 0 Å². The van der Waals surface area contributed by atoms with Gasteiger partial charge in [-0.2, -0.15) is 0 Å². The van der Waals surface area contributed by atoms with Gasteiger partial charge in [-0.25, -0.2) is 4.79 Å². The minimum Gasteiger partial charge on any atom is -0.353 e. The lowest BCUT2D eigenvalue weighted by molar-refractivity contribution is -0.121. The van der Waals surface area contributed by atoms with E-state index in [0.29, 0.717) is 18.1 Å². The molecule has 1 saturated heterocycles. The highest BCUT2D eigenvalue weighted by Gasteiger charge is 2.25. The van der Waals surface area contributed by atoms with Crippen molar-refractivity contribution in [3.8, 4) is 0 Å². The number of benzene rings is 2. The van der Waals surface area contributed by atoms with Gasteiger partial charge in [-0.15, -0.1) is 0 Å². The Morgan fingerprint density at radius 2 is 1.67 bits per heavy atom. The van der Waals surface area contributed by atoms with Crippen molar-refractivity contribution in [3.05, 3.63) is 69.6 Å². The van der Waals surface area contributed by atoms with Crippen molar-refractivity contribution in [3.63, 3.8) is 0 Å². The van der Waals surface area contributed by atoms with Crippen molar-refractivity contribution in [1.29, 1.82) is 0 Å². The minimum absolute atomic E-state index is 0.00158. The molecule has 1 amide bonds. The zero-order chi connectivity index (χ0) is 21.1. The number of fused-ring (bicyclic) bond motifs is 1. The van der Waals surface area contributed by atoms with Gasteiger partial charge in [-0.3, -0.25) is 18.8 Å². The molecular formula is C23H27ClN4O2. The maximum atomic E-state index is 12.8. The molecule has 1 N–H and O–H groups in total. The SMILES string of the molecule is CCn1c(=O)n(CC(=O)NCC(c2ccccc2Cl)N2CCCC2)c2ccccc21. The molecule has 30 heavy (non-hydrogen) atoms. The second kappa shape index (κ2) is 9.06. The number of imidazole rings is 1. The van der Waals surface area contributed by atoms with Crippen LogP contribution in [0.4, 0.5) is 0 Å². The molecule has 7 heteroatoms. The van der Waals surface area contributed by atoms with Crippen LogP contribution in [0.3, 0.4) is 0 Å². The minimum atomic E-state index is -0.174. The largest absolute Gasteiger partial charge is 0.353 e. The number of hydrogen-bond donors (Lipinski definition) is 1. The molecule has 4 rings (SSSR count). The summed E-state index contributed by atoms with van der Waals surface area (Å²) in [6, 6.07) is 15.4. The topological polar surface area (TPSA) is 59.3 Å². The molecule has 158 valence electrons. The van der Waals surface area contributed by atoms with Crippen molar-refractivity contribution >= 4 is 28.5 Å². The Balaban J connectivity index is 1.52. The lowest BCUT2D eigenvalue weighted by Crippen LogP contribution is -2.39. The summed E-state index contributed by atoms with van der Waals surface area (Å²) in [5, 5.41) is 3.76. The third-order valence-corrected chi connectivity index (χ3v) is 6.23. The van der Waals surface area contributed by atoms with Gasteiger partial charge in [0.2, 0.25) is 5.91 Å². The molecule has 0 aliphatic carbocycles. The van der Waals surface area contributed by atoms with Gasteiger partial charge in [-0.05, 0) is 56.6 Å². The lowest BCUT2D eigenvalue weighted by Gasteiger charge is -2.29. The van der Waals surface area contributed by atoms with E-state index >= 15 is 0 Å². The number of likely N-dealkylation sites (tertiary alicyclic amines) is 1. The molecular weight excluding hydrogens is 400 g/mol. The van der Waals surface area contributed by atoms with Crippen LogP contribution >= 0.6 is 11.6 Å². The molecule has 1 aliphatic rings. The lowest BCUT2D eigenvalue weighted by atomic mass is 10.1. The van der Waals surface area contributed by atoms with E-state index in [1.165, 1.54) is 0 Å². The molecule has 1 unspecified atom stereocenters. The zero-order valence-corrected chi connectivity index (χ0v) is 17.9. The number of carbonyl (C=O) groups excluding carboxylic acids is 1. The van der Waals surface area contributed by atoms with Crippen LogP contribution in [-0.2, 0) is 17.9 Å². The molecule has 2 heterocycles. The third kappa shape index (κ3) is 4.02. The Bertz CT molecular complexity index is 1100.